The number of rotatable bonds is 4. The maximum absolute atomic E-state index is 11.6. The average Bonchev–Trinajstić information content (AvgIpc) is 2.07. The van der Waals surface area contributed by atoms with Crippen LogP contribution < -0.4 is 10.6 Å². The van der Waals surface area contributed by atoms with E-state index in [1.54, 1.807) is 0 Å². The topological polar surface area (TPSA) is 108 Å². The van der Waals surface area contributed by atoms with Crippen LogP contribution in [0.15, 0.2) is 0 Å². The highest BCUT2D eigenvalue weighted by atomic mass is 31.2. The highest BCUT2D eigenvalue weighted by molar-refractivity contribution is 7.46. The van der Waals surface area contributed by atoms with Crippen LogP contribution in [0.25, 0.3) is 0 Å². The molecule has 0 aromatic rings. The number of nitrogens with one attached hydrogen (secondary N) is 2. The van der Waals surface area contributed by atoms with Crippen molar-refractivity contribution in [2.45, 2.75) is 57.7 Å². The van der Waals surface area contributed by atoms with Crippen molar-refractivity contribution in [1.82, 2.24) is 10.6 Å². The highest BCUT2D eigenvalue weighted by Gasteiger charge is 2.38. The lowest BCUT2D eigenvalue weighted by Gasteiger charge is -2.46. The molecule has 0 atom stereocenters. The SMILES string of the molecule is CC1(C)CC(NC(=O)COP(=O)(O)O)CC(C)(C)N1. The van der Waals surface area contributed by atoms with Crippen molar-refractivity contribution >= 4 is 13.7 Å². The van der Waals surface area contributed by atoms with Gasteiger partial charge in [-0.1, -0.05) is 0 Å². The van der Waals surface area contributed by atoms with Crippen molar-refractivity contribution < 1.29 is 23.7 Å². The lowest BCUT2D eigenvalue weighted by Crippen LogP contribution is -2.62. The molecule has 0 bridgehead atoms. The van der Waals surface area contributed by atoms with E-state index >= 15 is 0 Å². The van der Waals surface area contributed by atoms with Crippen molar-refractivity contribution in [2.75, 3.05) is 6.61 Å². The molecule has 0 spiro atoms. The lowest BCUT2D eigenvalue weighted by molar-refractivity contribution is -0.124. The molecule has 0 radical (unpaired) electrons. The summed E-state index contributed by atoms with van der Waals surface area (Å²) >= 11 is 0. The zero-order valence-electron chi connectivity index (χ0n) is 11.8. The molecule has 0 saturated carbocycles. The van der Waals surface area contributed by atoms with Crippen LogP contribution in [0.3, 0.4) is 0 Å². The van der Waals surface area contributed by atoms with Crippen molar-refractivity contribution in [3.63, 3.8) is 0 Å². The molecule has 19 heavy (non-hydrogen) atoms. The Hall–Kier alpha value is -0.460. The summed E-state index contributed by atoms with van der Waals surface area (Å²) in [5, 5.41) is 6.24. The second-order valence-electron chi connectivity index (χ2n) is 6.33. The van der Waals surface area contributed by atoms with E-state index in [4.69, 9.17) is 9.79 Å². The van der Waals surface area contributed by atoms with Gasteiger partial charge in [-0.3, -0.25) is 9.32 Å². The number of phosphoric acid groups is 1. The molecular weight excluding hydrogens is 271 g/mol. The van der Waals surface area contributed by atoms with Gasteiger partial charge in [-0.25, -0.2) is 4.57 Å². The third-order valence-corrected chi connectivity index (χ3v) is 3.38. The van der Waals surface area contributed by atoms with Crippen LogP contribution in [-0.2, 0) is 13.9 Å². The summed E-state index contributed by atoms with van der Waals surface area (Å²) in [6.45, 7) is 7.59. The van der Waals surface area contributed by atoms with E-state index in [9.17, 15) is 9.36 Å². The van der Waals surface area contributed by atoms with Crippen LogP contribution in [0, 0.1) is 0 Å². The fourth-order valence-electron chi connectivity index (χ4n) is 2.84. The Morgan fingerprint density at radius 1 is 1.32 bits per heavy atom. The first kappa shape index (κ1) is 16.6. The summed E-state index contributed by atoms with van der Waals surface area (Å²) in [5.74, 6) is -0.512. The van der Waals surface area contributed by atoms with Gasteiger partial charge in [0.1, 0.15) is 6.61 Å². The molecule has 0 aliphatic carbocycles. The van der Waals surface area contributed by atoms with Gasteiger partial charge in [0, 0.05) is 17.1 Å². The molecule has 1 rings (SSSR count). The normalized spacial score (nSPS) is 23.1. The van der Waals surface area contributed by atoms with Gasteiger partial charge >= 0.3 is 7.82 Å². The summed E-state index contributed by atoms with van der Waals surface area (Å²) in [6, 6.07) is -0.0425. The van der Waals surface area contributed by atoms with Gasteiger partial charge in [-0.15, -0.1) is 0 Å². The maximum atomic E-state index is 11.6. The van der Waals surface area contributed by atoms with Crippen molar-refractivity contribution in [3.05, 3.63) is 0 Å². The molecule has 1 heterocycles. The van der Waals surface area contributed by atoms with Gasteiger partial charge in [0.05, 0.1) is 0 Å². The zero-order chi connectivity index (χ0) is 14.9. The second kappa shape index (κ2) is 5.50. The molecule has 0 aromatic carbocycles. The van der Waals surface area contributed by atoms with Crippen LogP contribution in [-0.4, -0.2) is 39.4 Å². The van der Waals surface area contributed by atoms with Gasteiger partial charge in [0.25, 0.3) is 0 Å². The van der Waals surface area contributed by atoms with Crippen LogP contribution in [0.1, 0.15) is 40.5 Å². The summed E-state index contributed by atoms with van der Waals surface area (Å²) in [5.41, 5.74) is -0.215. The summed E-state index contributed by atoms with van der Waals surface area (Å²) in [6.07, 6.45) is 1.50. The number of hydrogen-bond acceptors (Lipinski definition) is 4. The van der Waals surface area contributed by atoms with Gasteiger partial charge in [0.2, 0.25) is 5.91 Å². The Labute approximate surface area is 113 Å². The van der Waals surface area contributed by atoms with Crippen molar-refractivity contribution in [2.24, 2.45) is 0 Å². The van der Waals surface area contributed by atoms with E-state index in [1.165, 1.54) is 0 Å². The summed E-state index contributed by atoms with van der Waals surface area (Å²) in [7, 11) is -4.60. The number of amides is 1. The molecule has 1 fully saturated rings. The largest absolute Gasteiger partial charge is 0.470 e. The molecule has 8 heteroatoms. The average molecular weight is 294 g/mol. The van der Waals surface area contributed by atoms with Gasteiger partial charge in [-0.2, -0.15) is 0 Å². The Morgan fingerprint density at radius 2 is 1.79 bits per heavy atom. The monoisotopic (exact) mass is 294 g/mol. The third kappa shape index (κ3) is 6.49. The number of piperidine rings is 1. The van der Waals surface area contributed by atoms with Crippen LogP contribution in [0.4, 0.5) is 0 Å². The Kier molecular flexibility index (Phi) is 4.80. The van der Waals surface area contributed by atoms with Gasteiger partial charge in [0.15, 0.2) is 0 Å². The smallest absolute Gasteiger partial charge is 0.351 e. The molecule has 1 amide bonds. The molecule has 1 saturated heterocycles. The van der Waals surface area contributed by atoms with E-state index in [2.05, 4.69) is 42.9 Å². The molecule has 1 aliphatic rings. The molecular formula is C11H23N2O5P. The van der Waals surface area contributed by atoms with Crippen LogP contribution in [0.2, 0.25) is 0 Å². The fourth-order valence-corrected chi connectivity index (χ4v) is 3.12. The number of hydrogen-bond donors (Lipinski definition) is 4. The minimum absolute atomic E-state index is 0.0425. The third-order valence-electron chi connectivity index (χ3n) is 2.92. The molecule has 0 unspecified atom stereocenters. The predicted molar refractivity (Wildman–Crippen MR) is 70.5 cm³/mol. The van der Waals surface area contributed by atoms with Crippen molar-refractivity contribution in [3.8, 4) is 0 Å². The first-order chi connectivity index (χ1) is 8.39. The Balaban J connectivity index is 2.52. The van der Waals surface area contributed by atoms with Crippen molar-refractivity contribution in [1.29, 1.82) is 0 Å². The minimum Gasteiger partial charge on any atom is -0.351 e. The first-order valence-electron chi connectivity index (χ1n) is 6.17. The second-order valence-corrected chi connectivity index (χ2v) is 7.57. The van der Waals surface area contributed by atoms with E-state index in [1.807, 2.05) is 0 Å². The zero-order valence-corrected chi connectivity index (χ0v) is 12.7. The van der Waals surface area contributed by atoms with Gasteiger partial charge in [-0.05, 0) is 40.5 Å². The minimum atomic E-state index is -4.60. The molecule has 112 valence electrons. The molecule has 7 nitrogen and oxygen atoms in total. The van der Waals surface area contributed by atoms with E-state index < -0.39 is 20.3 Å². The van der Waals surface area contributed by atoms with E-state index in [-0.39, 0.29) is 17.1 Å². The molecule has 0 aromatic heterocycles. The maximum Gasteiger partial charge on any atom is 0.470 e. The quantitative estimate of drug-likeness (QED) is 0.563. The molecule has 1 aliphatic heterocycles. The highest BCUT2D eigenvalue weighted by Crippen LogP contribution is 2.35. The van der Waals surface area contributed by atoms with E-state index in [0.29, 0.717) is 0 Å². The first-order valence-corrected chi connectivity index (χ1v) is 7.70. The fraction of sp³-hybridized carbons (Fsp3) is 0.909. The number of carbonyl (C=O) groups excluding carboxylic acids is 1. The van der Waals surface area contributed by atoms with E-state index in [0.717, 1.165) is 12.8 Å². The van der Waals surface area contributed by atoms with Crippen LogP contribution >= 0.6 is 7.82 Å². The lowest BCUT2D eigenvalue weighted by atomic mass is 9.79. The van der Waals surface area contributed by atoms with Crippen LogP contribution in [0.5, 0.6) is 0 Å². The predicted octanol–water partition coefficient (Wildman–Crippen LogP) is 0.521. The number of phosphoric ester groups is 1. The molecule has 4 N–H and O–H groups in total. The Bertz CT molecular complexity index is 375. The van der Waals surface area contributed by atoms with Gasteiger partial charge < -0.3 is 20.4 Å². The summed E-state index contributed by atoms with van der Waals surface area (Å²) < 4.78 is 14.7. The summed E-state index contributed by atoms with van der Waals surface area (Å²) in [4.78, 5) is 28.7. The standard InChI is InChI=1S/C11H23N2O5P/c1-10(2)5-8(6-11(3,4)13-10)12-9(14)7-18-19(15,16)17/h8,13H,5-7H2,1-4H3,(H,12,14)(H2,15,16,17). The Morgan fingerprint density at radius 3 is 2.21 bits per heavy atom. The number of carbonyl (C=O) groups is 1.